The van der Waals surface area contributed by atoms with Gasteiger partial charge in [-0.15, -0.1) is 0 Å². The van der Waals surface area contributed by atoms with Crippen molar-refractivity contribution in [2.45, 2.75) is 109 Å². The van der Waals surface area contributed by atoms with E-state index in [1.807, 2.05) is 0 Å². The van der Waals surface area contributed by atoms with Crippen molar-refractivity contribution in [1.82, 2.24) is 5.32 Å². The summed E-state index contributed by atoms with van der Waals surface area (Å²) >= 11 is 0. The van der Waals surface area contributed by atoms with Crippen LogP contribution in [-0.2, 0) is 11.2 Å². The zero-order chi connectivity index (χ0) is 19.9. The third-order valence-corrected chi connectivity index (χ3v) is 5.48. The van der Waals surface area contributed by atoms with Gasteiger partial charge in [0.1, 0.15) is 5.75 Å². The maximum Gasteiger partial charge on any atom is 0.220 e. The van der Waals surface area contributed by atoms with Crippen molar-refractivity contribution in [2.75, 3.05) is 6.61 Å². The summed E-state index contributed by atoms with van der Waals surface area (Å²) in [5.74, 6) is 1.29. The third kappa shape index (κ3) is 11.4. The predicted octanol–water partition coefficient (Wildman–Crippen LogP) is 6.59. The lowest BCUT2D eigenvalue weighted by molar-refractivity contribution is -0.121. The van der Waals surface area contributed by atoms with E-state index in [4.69, 9.17) is 4.74 Å². The summed E-state index contributed by atoms with van der Waals surface area (Å²) in [6.45, 7) is 3.07. The minimum atomic E-state index is 0.258. The van der Waals surface area contributed by atoms with Crippen molar-refractivity contribution < 1.29 is 9.53 Å². The molecule has 1 N–H and O–H groups in total. The van der Waals surface area contributed by atoms with E-state index in [0.717, 1.165) is 31.6 Å². The Balaban J connectivity index is 1.37. The van der Waals surface area contributed by atoms with E-state index in [-0.39, 0.29) is 5.91 Å². The average Bonchev–Trinajstić information content (AvgIpc) is 3.50. The van der Waals surface area contributed by atoms with E-state index in [9.17, 15) is 4.79 Å². The molecule has 0 bridgehead atoms. The summed E-state index contributed by atoms with van der Waals surface area (Å²) in [5, 5.41) is 3.06. The van der Waals surface area contributed by atoms with Crippen LogP contribution in [0.4, 0.5) is 0 Å². The smallest absolute Gasteiger partial charge is 0.220 e. The molecule has 2 rings (SSSR count). The molecule has 0 atom stereocenters. The number of hydrogen-bond donors (Lipinski definition) is 1. The zero-order valence-corrected chi connectivity index (χ0v) is 18.0. The second kappa shape index (κ2) is 14.5. The van der Waals surface area contributed by atoms with E-state index in [2.05, 4.69) is 36.5 Å². The van der Waals surface area contributed by atoms with Gasteiger partial charge < -0.3 is 10.1 Å². The van der Waals surface area contributed by atoms with Crippen molar-refractivity contribution >= 4 is 5.91 Å². The number of unbranched alkanes of at least 4 members (excludes halogenated alkanes) is 9. The van der Waals surface area contributed by atoms with Crippen LogP contribution in [0.15, 0.2) is 24.3 Å². The number of nitrogens with one attached hydrogen (secondary N) is 1. The van der Waals surface area contributed by atoms with E-state index in [1.54, 1.807) is 0 Å². The van der Waals surface area contributed by atoms with Crippen LogP contribution in [0.3, 0.4) is 0 Å². The first-order valence-electron chi connectivity index (χ1n) is 11.8. The fraction of sp³-hybridized carbons (Fsp3) is 0.720. The first-order valence-corrected chi connectivity index (χ1v) is 11.8. The lowest BCUT2D eigenvalue weighted by atomic mass is 10.1. The van der Waals surface area contributed by atoms with Gasteiger partial charge in [0, 0.05) is 12.5 Å². The standard InChI is InChI=1S/C25H41NO2/c1-2-3-10-14-22-15-13-16-24(21-22)28-20-12-9-7-5-4-6-8-11-17-25(27)26-23-18-19-23/h13,15-16,21,23H,2-12,14,17-20H2,1H3,(H,26,27). The maximum absolute atomic E-state index is 11.6. The molecule has 28 heavy (non-hydrogen) atoms. The van der Waals surface area contributed by atoms with Gasteiger partial charge in [0.25, 0.3) is 0 Å². The van der Waals surface area contributed by atoms with E-state index in [0.29, 0.717) is 12.5 Å². The fourth-order valence-corrected chi connectivity index (χ4v) is 3.54. The van der Waals surface area contributed by atoms with Gasteiger partial charge >= 0.3 is 0 Å². The molecule has 1 aromatic carbocycles. The number of aryl methyl sites for hydroxylation is 1. The van der Waals surface area contributed by atoms with Crippen LogP contribution in [0, 0.1) is 0 Å². The Morgan fingerprint density at radius 1 is 0.964 bits per heavy atom. The molecule has 0 saturated heterocycles. The lowest BCUT2D eigenvalue weighted by Crippen LogP contribution is -2.24. The van der Waals surface area contributed by atoms with Gasteiger partial charge in [0.05, 0.1) is 6.61 Å². The number of rotatable bonds is 17. The summed E-state index contributed by atoms with van der Waals surface area (Å²) < 4.78 is 5.93. The van der Waals surface area contributed by atoms with Crippen molar-refractivity contribution in [3.63, 3.8) is 0 Å². The number of carbonyl (C=O) groups excluding carboxylic acids is 1. The average molecular weight is 388 g/mol. The molecule has 1 aromatic rings. The molecule has 1 fully saturated rings. The van der Waals surface area contributed by atoms with Gasteiger partial charge in [-0.25, -0.2) is 0 Å². The molecule has 0 spiro atoms. The normalized spacial score (nSPS) is 13.5. The first-order chi connectivity index (χ1) is 13.8. The second-order valence-corrected chi connectivity index (χ2v) is 8.37. The minimum absolute atomic E-state index is 0.258. The Labute approximate surface area is 172 Å². The van der Waals surface area contributed by atoms with Crippen LogP contribution < -0.4 is 10.1 Å². The Morgan fingerprint density at radius 3 is 2.39 bits per heavy atom. The molecule has 3 heteroatoms. The topological polar surface area (TPSA) is 38.3 Å². The second-order valence-electron chi connectivity index (χ2n) is 8.37. The maximum atomic E-state index is 11.6. The van der Waals surface area contributed by atoms with Crippen LogP contribution in [0.25, 0.3) is 0 Å². The highest BCUT2D eigenvalue weighted by atomic mass is 16.5. The summed E-state index contributed by atoms with van der Waals surface area (Å²) in [6.07, 6.45) is 17.9. The van der Waals surface area contributed by atoms with Crippen LogP contribution in [-0.4, -0.2) is 18.6 Å². The number of benzene rings is 1. The van der Waals surface area contributed by atoms with E-state index in [1.165, 1.54) is 76.2 Å². The highest BCUT2D eigenvalue weighted by Crippen LogP contribution is 2.19. The van der Waals surface area contributed by atoms with Crippen molar-refractivity contribution in [2.24, 2.45) is 0 Å². The minimum Gasteiger partial charge on any atom is -0.494 e. The SMILES string of the molecule is CCCCCc1cccc(OCCCCCCCCCCC(=O)NC2CC2)c1. The number of amides is 1. The molecule has 1 saturated carbocycles. The molecule has 1 aliphatic carbocycles. The molecule has 0 heterocycles. The molecule has 158 valence electrons. The molecule has 0 radical (unpaired) electrons. The monoisotopic (exact) mass is 387 g/mol. The summed E-state index contributed by atoms with van der Waals surface area (Å²) in [6, 6.07) is 9.12. The molecule has 0 aliphatic heterocycles. The molecule has 3 nitrogen and oxygen atoms in total. The van der Waals surface area contributed by atoms with Gasteiger partial charge in [-0.2, -0.15) is 0 Å². The van der Waals surface area contributed by atoms with E-state index >= 15 is 0 Å². The molecular formula is C25H41NO2. The van der Waals surface area contributed by atoms with Crippen molar-refractivity contribution in [3.05, 3.63) is 29.8 Å². The van der Waals surface area contributed by atoms with E-state index < -0.39 is 0 Å². The van der Waals surface area contributed by atoms with Crippen LogP contribution in [0.2, 0.25) is 0 Å². The van der Waals surface area contributed by atoms with Gasteiger partial charge in [-0.3, -0.25) is 4.79 Å². The number of hydrogen-bond acceptors (Lipinski definition) is 2. The van der Waals surface area contributed by atoms with Gasteiger partial charge in [-0.05, 0) is 56.2 Å². The Kier molecular flexibility index (Phi) is 11.8. The first kappa shape index (κ1) is 22.8. The van der Waals surface area contributed by atoms with Crippen molar-refractivity contribution in [1.29, 1.82) is 0 Å². The lowest BCUT2D eigenvalue weighted by Gasteiger charge is -2.08. The molecule has 0 aromatic heterocycles. The van der Waals surface area contributed by atoms with Gasteiger partial charge in [0.15, 0.2) is 0 Å². The summed E-state index contributed by atoms with van der Waals surface area (Å²) in [5.41, 5.74) is 1.40. The summed E-state index contributed by atoms with van der Waals surface area (Å²) in [4.78, 5) is 11.6. The highest BCUT2D eigenvalue weighted by Gasteiger charge is 2.22. The molecule has 1 aliphatic rings. The van der Waals surface area contributed by atoms with Crippen LogP contribution in [0.5, 0.6) is 5.75 Å². The van der Waals surface area contributed by atoms with Crippen molar-refractivity contribution in [3.8, 4) is 5.75 Å². The molecule has 0 unspecified atom stereocenters. The summed E-state index contributed by atoms with van der Waals surface area (Å²) in [7, 11) is 0. The Bertz CT molecular complexity index is 539. The van der Waals surface area contributed by atoms with Crippen LogP contribution in [0.1, 0.15) is 102 Å². The fourth-order valence-electron chi connectivity index (χ4n) is 3.54. The van der Waals surface area contributed by atoms with Crippen LogP contribution >= 0.6 is 0 Å². The Hall–Kier alpha value is -1.51. The molecular weight excluding hydrogens is 346 g/mol. The molecule has 1 amide bonds. The largest absolute Gasteiger partial charge is 0.494 e. The number of ether oxygens (including phenoxy) is 1. The van der Waals surface area contributed by atoms with Gasteiger partial charge in [-0.1, -0.05) is 70.4 Å². The Morgan fingerprint density at radius 2 is 1.68 bits per heavy atom. The number of carbonyl (C=O) groups is 1. The van der Waals surface area contributed by atoms with Gasteiger partial charge in [0.2, 0.25) is 5.91 Å². The third-order valence-electron chi connectivity index (χ3n) is 5.48. The highest BCUT2D eigenvalue weighted by molar-refractivity contribution is 5.76. The zero-order valence-electron chi connectivity index (χ0n) is 18.0. The quantitative estimate of drug-likeness (QED) is 0.306. The predicted molar refractivity (Wildman–Crippen MR) is 118 cm³/mol.